The van der Waals surface area contributed by atoms with Crippen molar-refractivity contribution in [3.8, 4) is 11.5 Å². The summed E-state index contributed by atoms with van der Waals surface area (Å²) in [6, 6.07) is 20.6. The van der Waals surface area contributed by atoms with Crippen molar-refractivity contribution < 1.29 is 19.1 Å². The van der Waals surface area contributed by atoms with Gasteiger partial charge < -0.3 is 9.47 Å². The maximum Gasteiger partial charge on any atom is 0.343 e. The summed E-state index contributed by atoms with van der Waals surface area (Å²) < 4.78 is 10.9. The molecular weight excluding hydrogens is 416 g/mol. The molecule has 6 nitrogen and oxygen atoms in total. The van der Waals surface area contributed by atoms with E-state index in [1.54, 1.807) is 67.6 Å². The second-order valence-corrected chi connectivity index (χ2v) is 7.21. The first kappa shape index (κ1) is 22.1. The molecule has 3 aromatic rings. The largest absolute Gasteiger partial charge is 0.481 e. The van der Waals surface area contributed by atoms with Gasteiger partial charge in [-0.3, -0.25) is 4.79 Å². The van der Waals surface area contributed by atoms with Crippen LogP contribution >= 0.6 is 11.6 Å². The Bertz CT molecular complexity index is 1060. The highest BCUT2D eigenvalue weighted by Gasteiger charge is 2.13. The minimum Gasteiger partial charge on any atom is -0.481 e. The first-order chi connectivity index (χ1) is 14.9. The van der Waals surface area contributed by atoms with Crippen molar-refractivity contribution in [3.05, 3.63) is 94.5 Å². The standard InChI is InChI=1S/C24H21ClN2O4/c1-16-3-7-19(8-4-16)24(29)31-22-11-5-18(6-12-22)15-26-27-23(28)17(2)30-21-13-9-20(25)10-14-21/h3-15,17H,1-2H3,(H,27,28). The Balaban J connectivity index is 1.49. The lowest BCUT2D eigenvalue weighted by atomic mass is 10.1. The van der Waals surface area contributed by atoms with Gasteiger partial charge in [0, 0.05) is 5.02 Å². The van der Waals surface area contributed by atoms with E-state index < -0.39 is 18.0 Å². The first-order valence-corrected chi connectivity index (χ1v) is 9.92. The van der Waals surface area contributed by atoms with E-state index in [0.717, 1.165) is 11.1 Å². The van der Waals surface area contributed by atoms with Gasteiger partial charge in [0.25, 0.3) is 5.91 Å². The number of ether oxygens (including phenoxy) is 2. The summed E-state index contributed by atoms with van der Waals surface area (Å²) in [6.07, 6.45) is 0.750. The summed E-state index contributed by atoms with van der Waals surface area (Å²) in [5.41, 5.74) is 4.70. The van der Waals surface area contributed by atoms with Gasteiger partial charge in [0.1, 0.15) is 11.5 Å². The monoisotopic (exact) mass is 436 g/mol. The number of aryl methyl sites for hydroxylation is 1. The number of carbonyl (C=O) groups is 2. The normalized spacial score (nSPS) is 11.7. The number of hydrogen-bond acceptors (Lipinski definition) is 5. The summed E-state index contributed by atoms with van der Waals surface area (Å²) in [6.45, 7) is 3.57. The molecule has 1 unspecified atom stereocenters. The van der Waals surface area contributed by atoms with Gasteiger partial charge in [0.2, 0.25) is 0 Å². The van der Waals surface area contributed by atoms with Crippen LogP contribution in [0.4, 0.5) is 0 Å². The molecule has 31 heavy (non-hydrogen) atoms. The minimum absolute atomic E-state index is 0.394. The molecule has 0 aliphatic heterocycles. The number of nitrogens with one attached hydrogen (secondary N) is 1. The third-order valence-electron chi connectivity index (χ3n) is 4.26. The fraction of sp³-hybridized carbons (Fsp3) is 0.125. The molecule has 0 aliphatic rings. The summed E-state index contributed by atoms with van der Waals surface area (Å²) in [5, 5.41) is 4.52. The van der Waals surface area contributed by atoms with Gasteiger partial charge in [-0.25, -0.2) is 10.2 Å². The van der Waals surface area contributed by atoms with Crippen LogP contribution in [0.2, 0.25) is 5.02 Å². The second kappa shape index (κ2) is 10.4. The van der Waals surface area contributed by atoms with E-state index in [9.17, 15) is 9.59 Å². The van der Waals surface area contributed by atoms with Crippen LogP contribution < -0.4 is 14.9 Å². The van der Waals surface area contributed by atoms with E-state index in [2.05, 4.69) is 10.5 Å². The van der Waals surface area contributed by atoms with E-state index >= 15 is 0 Å². The van der Waals surface area contributed by atoms with Crippen LogP contribution in [0.1, 0.15) is 28.4 Å². The van der Waals surface area contributed by atoms with Crippen LogP contribution in [-0.2, 0) is 4.79 Å². The summed E-state index contributed by atoms with van der Waals surface area (Å²) in [7, 11) is 0. The second-order valence-electron chi connectivity index (χ2n) is 6.77. The Morgan fingerprint density at radius 1 is 0.935 bits per heavy atom. The number of nitrogens with zero attached hydrogens (tertiary/aromatic N) is 1. The van der Waals surface area contributed by atoms with Gasteiger partial charge in [-0.2, -0.15) is 5.10 Å². The number of hydrogen-bond donors (Lipinski definition) is 1. The van der Waals surface area contributed by atoms with E-state index in [-0.39, 0.29) is 0 Å². The van der Waals surface area contributed by atoms with Gasteiger partial charge in [0.15, 0.2) is 6.10 Å². The Hall–Kier alpha value is -3.64. The number of benzene rings is 3. The Labute approximate surface area is 185 Å². The molecule has 0 bridgehead atoms. The van der Waals surface area contributed by atoms with Crippen LogP contribution in [-0.4, -0.2) is 24.2 Å². The molecule has 7 heteroatoms. The zero-order valence-corrected chi connectivity index (χ0v) is 17.8. The minimum atomic E-state index is -0.734. The van der Waals surface area contributed by atoms with Crippen molar-refractivity contribution in [2.45, 2.75) is 20.0 Å². The number of amides is 1. The number of esters is 1. The van der Waals surface area contributed by atoms with Crippen LogP contribution in [0.15, 0.2) is 77.9 Å². The lowest BCUT2D eigenvalue weighted by molar-refractivity contribution is -0.127. The third kappa shape index (κ3) is 6.69. The zero-order chi connectivity index (χ0) is 22.2. The van der Waals surface area contributed by atoms with E-state index in [1.165, 1.54) is 6.21 Å². The number of carbonyl (C=O) groups excluding carboxylic acids is 2. The van der Waals surface area contributed by atoms with Crippen molar-refractivity contribution >= 4 is 29.7 Å². The maximum absolute atomic E-state index is 12.2. The molecule has 0 heterocycles. The smallest absolute Gasteiger partial charge is 0.343 e. The molecule has 0 radical (unpaired) electrons. The molecule has 3 rings (SSSR count). The SMILES string of the molecule is Cc1ccc(C(=O)Oc2ccc(C=NNC(=O)C(C)Oc3ccc(Cl)cc3)cc2)cc1. The quantitative estimate of drug-likeness (QED) is 0.250. The predicted molar refractivity (Wildman–Crippen MR) is 120 cm³/mol. The molecule has 3 aromatic carbocycles. The molecule has 0 saturated carbocycles. The van der Waals surface area contributed by atoms with Gasteiger partial charge in [-0.1, -0.05) is 29.3 Å². The van der Waals surface area contributed by atoms with E-state index in [4.69, 9.17) is 21.1 Å². The molecule has 1 atom stereocenters. The van der Waals surface area contributed by atoms with Gasteiger partial charge in [-0.05, 0) is 80.1 Å². The number of rotatable bonds is 7. The Morgan fingerprint density at radius 3 is 2.19 bits per heavy atom. The summed E-state index contributed by atoms with van der Waals surface area (Å²) in [5.74, 6) is 0.127. The molecular formula is C24H21ClN2O4. The highest BCUT2D eigenvalue weighted by Crippen LogP contribution is 2.17. The molecule has 158 valence electrons. The Morgan fingerprint density at radius 2 is 1.55 bits per heavy atom. The topological polar surface area (TPSA) is 77.0 Å². The van der Waals surface area contributed by atoms with Crippen LogP contribution in [0.3, 0.4) is 0 Å². The molecule has 0 saturated heterocycles. The van der Waals surface area contributed by atoms with Gasteiger partial charge in [0.05, 0.1) is 11.8 Å². The van der Waals surface area contributed by atoms with Crippen molar-refractivity contribution in [2.24, 2.45) is 5.10 Å². The van der Waals surface area contributed by atoms with Crippen molar-refractivity contribution in [2.75, 3.05) is 0 Å². The number of hydrazone groups is 1. The highest BCUT2D eigenvalue weighted by molar-refractivity contribution is 6.30. The van der Waals surface area contributed by atoms with E-state index in [0.29, 0.717) is 22.1 Å². The van der Waals surface area contributed by atoms with Gasteiger partial charge in [-0.15, -0.1) is 0 Å². The van der Waals surface area contributed by atoms with Crippen molar-refractivity contribution in [3.63, 3.8) is 0 Å². The van der Waals surface area contributed by atoms with Crippen LogP contribution in [0.25, 0.3) is 0 Å². The fourth-order valence-electron chi connectivity index (χ4n) is 2.51. The van der Waals surface area contributed by atoms with Crippen LogP contribution in [0, 0.1) is 6.92 Å². The molecule has 1 N–H and O–H groups in total. The van der Waals surface area contributed by atoms with E-state index in [1.807, 2.05) is 19.1 Å². The van der Waals surface area contributed by atoms with Crippen molar-refractivity contribution in [1.82, 2.24) is 5.43 Å². The zero-order valence-electron chi connectivity index (χ0n) is 17.0. The van der Waals surface area contributed by atoms with Crippen LogP contribution in [0.5, 0.6) is 11.5 Å². The summed E-state index contributed by atoms with van der Waals surface area (Å²) in [4.78, 5) is 24.3. The first-order valence-electron chi connectivity index (χ1n) is 9.55. The summed E-state index contributed by atoms with van der Waals surface area (Å²) >= 11 is 5.83. The third-order valence-corrected chi connectivity index (χ3v) is 4.51. The molecule has 0 spiro atoms. The average Bonchev–Trinajstić information content (AvgIpc) is 2.77. The lowest BCUT2D eigenvalue weighted by Gasteiger charge is -2.12. The predicted octanol–water partition coefficient (Wildman–Crippen LogP) is 4.79. The molecule has 0 aliphatic carbocycles. The lowest BCUT2D eigenvalue weighted by Crippen LogP contribution is -2.33. The molecule has 1 amide bonds. The fourth-order valence-corrected chi connectivity index (χ4v) is 2.64. The van der Waals surface area contributed by atoms with Gasteiger partial charge >= 0.3 is 5.97 Å². The average molecular weight is 437 g/mol. The number of halogens is 1. The maximum atomic E-state index is 12.2. The highest BCUT2D eigenvalue weighted by atomic mass is 35.5. The Kier molecular flexibility index (Phi) is 7.40. The van der Waals surface area contributed by atoms with Crippen molar-refractivity contribution in [1.29, 1.82) is 0 Å². The molecule has 0 aromatic heterocycles. The molecule has 0 fully saturated rings.